The fourth-order valence-corrected chi connectivity index (χ4v) is 5.55. The average Bonchev–Trinajstić information content (AvgIpc) is 3.43. The number of nitrogens with zero attached hydrogens (tertiary/aromatic N) is 4. The van der Waals surface area contributed by atoms with Crippen molar-refractivity contribution in [1.82, 2.24) is 14.8 Å². The van der Waals surface area contributed by atoms with Gasteiger partial charge in [0.1, 0.15) is 28.1 Å². The molecule has 1 aliphatic rings. The summed E-state index contributed by atoms with van der Waals surface area (Å²) in [5.74, 6) is 0.194. The number of rotatable bonds is 9. The molecule has 39 heavy (non-hydrogen) atoms. The van der Waals surface area contributed by atoms with Crippen LogP contribution < -0.4 is 9.64 Å². The van der Waals surface area contributed by atoms with E-state index < -0.39 is 0 Å². The van der Waals surface area contributed by atoms with Crippen LogP contribution in [0.5, 0.6) is 5.75 Å². The number of anilines is 1. The number of thiazole rings is 1. The second-order valence-corrected chi connectivity index (χ2v) is 10.4. The van der Waals surface area contributed by atoms with Crippen molar-refractivity contribution in [2.75, 3.05) is 38.2 Å². The lowest BCUT2D eigenvalue weighted by Crippen LogP contribution is -2.49. The number of amides is 1. The van der Waals surface area contributed by atoms with Crippen LogP contribution in [0.4, 0.5) is 14.5 Å². The maximum Gasteiger partial charge on any atom is 0.273 e. The Balaban J connectivity index is 1.24. The van der Waals surface area contributed by atoms with Gasteiger partial charge in [0.25, 0.3) is 5.91 Å². The Kier molecular flexibility index (Phi) is 8.48. The summed E-state index contributed by atoms with van der Waals surface area (Å²) in [6.07, 6.45) is 0. The Bertz CT molecular complexity index is 1340. The van der Waals surface area contributed by atoms with Gasteiger partial charge >= 0.3 is 0 Å². The molecule has 0 unspecified atom stereocenters. The van der Waals surface area contributed by atoms with E-state index in [0.717, 1.165) is 27.6 Å². The van der Waals surface area contributed by atoms with E-state index in [0.29, 0.717) is 51.5 Å². The number of carbonyl (C=O) groups excluding carboxylic acids is 1. The van der Waals surface area contributed by atoms with Gasteiger partial charge in [-0.3, -0.25) is 9.69 Å². The van der Waals surface area contributed by atoms with Crippen LogP contribution >= 0.6 is 11.3 Å². The lowest BCUT2D eigenvalue weighted by atomic mass is 10.1. The van der Waals surface area contributed by atoms with Crippen molar-refractivity contribution in [1.29, 1.82) is 0 Å². The first-order valence-electron chi connectivity index (χ1n) is 12.8. The molecule has 0 bridgehead atoms. The van der Waals surface area contributed by atoms with E-state index in [4.69, 9.17) is 4.74 Å². The minimum atomic E-state index is -0.282. The normalized spacial score (nSPS) is 13.6. The number of para-hydroxylation sites is 2. The van der Waals surface area contributed by atoms with Gasteiger partial charge in [-0.2, -0.15) is 0 Å². The molecule has 1 amide bonds. The third-order valence-electron chi connectivity index (χ3n) is 6.76. The van der Waals surface area contributed by atoms with Crippen molar-refractivity contribution in [2.45, 2.75) is 19.6 Å². The predicted octanol–water partition coefficient (Wildman–Crippen LogP) is 5.59. The topological polar surface area (TPSA) is 48.9 Å². The summed E-state index contributed by atoms with van der Waals surface area (Å²) >= 11 is 1.45. The van der Waals surface area contributed by atoms with Crippen LogP contribution in [-0.4, -0.2) is 54.0 Å². The fourth-order valence-electron chi connectivity index (χ4n) is 4.74. The molecule has 202 valence electrons. The summed E-state index contributed by atoms with van der Waals surface area (Å²) in [4.78, 5) is 24.2. The van der Waals surface area contributed by atoms with Crippen molar-refractivity contribution in [3.8, 4) is 5.75 Å². The Hall–Kier alpha value is -3.82. The quantitative estimate of drug-likeness (QED) is 0.273. The molecule has 0 saturated carbocycles. The Labute approximate surface area is 231 Å². The molecule has 1 aliphatic heterocycles. The third-order valence-corrected chi connectivity index (χ3v) is 7.59. The number of halogens is 2. The van der Waals surface area contributed by atoms with E-state index in [1.54, 1.807) is 31.4 Å². The van der Waals surface area contributed by atoms with Crippen molar-refractivity contribution in [3.63, 3.8) is 0 Å². The third kappa shape index (κ3) is 6.79. The van der Waals surface area contributed by atoms with E-state index in [1.165, 1.54) is 35.6 Å². The Morgan fingerprint density at radius 2 is 1.46 bits per heavy atom. The first-order valence-corrected chi connectivity index (χ1v) is 13.7. The predicted molar refractivity (Wildman–Crippen MR) is 149 cm³/mol. The minimum absolute atomic E-state index is 0.0687. The van der Waals surface area contributed by atoms with Gasteiger partial charge in [-0.15, -0.1) is 11.3 Å². The second-order valence-electron chi connectivity index (χ2n) is 9.48. The first-order chi connectivity index (χ1) is 19.0. The highest BCUT2D eigenvalue weighted by Crippen LogP contribution is 2.28. The summed E-state index contributed by atoms with van der Waals surface area (Å²) in [6.45, 7) is 4.26. The van der Waals surface area contributed by atoms with Crippen LogP contribution in [0.15, 0.2) is 78.2 Å². The van der Waals surface area contributed by atoms with E-state index in [1.807, 2.05) is 34.5 Å². The maximum atomic E-state index is 13.4. The smallest absolute Gasteiger partial charge is 0.273 e. The zero-order valence-electron chi connectivity index (χ0n) is 21.7. The van der Waals surface area contributed by atoms with Gasteiger partial charge < -0.3 is 14.5 Å². The second kappa shape index (κ2) is 12.4. The van der Waals surface area contributed by atoms with Crippen LogP contribution in [0.1, 0.15) is 26.6 Å². The van der Waals surface area contributed by atoms with Gasteiger partial charge in [-0.25, -0.2) is 13.8 Å². The molecule has 0 radical (unpaired) electrons. The van der Waals surface area contributed by atoms with E-state index in [9.17, 15) is 13.6 Å². The van der Waals surface area contributed by atoms with E-state index in [2.05, 4.69) is 14.8 Å². The highest BCUT2D eigenvalue weighted by Gasteiger charge is 2.25. The lowest BCUT2D eigenvalue weighted by Gasteiger charge is -2.36. The highest BCUT2D eigenvalue weighted by atomic mass is 32.1. The zero-order chi connectivity index (χ0) is 27.2. The maximum absolute atomic E-state index is 13.4. The lowest BCUT2D eigenvalue weighted by molar-refractivity contribution is 0.0741. The molecule has 0 atom stereocenters. The van der Waals surface area contributed by atoms with Gasteiger partial charge in [-0.05, 0) is 47.5 Å². The number of aromatic nitrogens is 1. The summed E-state index contributed by atoms with van der Waals surface area (Å²) < 4.78 is 32.3. The number of hydrogen-bond donors (Lipinski definition) is 0. The number of carbonyl (C=O) groups is 1. The number of benzene rings is 3. The molecule has 0 spiro atoms. The molecule has 1 saturated heterocycles. The van der Waals surface area contributed by atoms with Gasteiger partial charge in [0.15, 0.2) is 0 Å². The summed E-state index contributed by atoms with van der Waals surface area (Å²) in [7, 11) is 1.67. The molecule has 0 N–H and O–H groups in total. The molecular formula is C30H30F2N4O2S. The molecule has 4 aromatic rings. The molecule has 3 aromatic carbocycles. The van der Waals surface area contributed by atoms with Crippen molar-refractivity contribution in [2.24, 2.45) is 0 Å². The summed E-state index contributed by atoms with van der Waals surface area (Å²) in [6, 6.07) is 20.7. The molecule has 2 heterocycles. The molecule has 0 aliphatic carbocycles. The van der Waals surface area contributed by atoms with Gasteiger partial charge in [0.2, 0.25) is 0 Å². The SMILES string of the molecule is COc1ccccc1N1CCN(C(=O)c2csc(CN(Cc3ccc(F)cc3)Cc3ccc(F)cc3)n2)CC1. The van der Waals surface area contributed by atoms with E-state index in [-0.39, 0.29) is 17.5 Å². The number of methoxy groups -OCH3 is 1. The van der Waals surface area contributed by atoms with Gasteiger partial charge in [0.05, 0.1) is 19.3 Å². The largest absolute Gasteiger partial charge is 0.495 e. The van der Waals surface area contributed by atoms with Crippen LogP contribution in [0, 0.1) is 11.6 Å². The van der Waals surface area contributed by atoms with Crippen molar-refractivity contribution < 1.29 is 18.3 Å². The van der Waals surface area contributed by atoms with Crippen molar-refractivity contribution in [3.05, 3.63) is 112 Å². The van der Waals surface area contributed by atoms with Gasteiger partial charge in [0, 0.05) is 44.6 Å². The molecular weight excluding hydrogens is 518 g/mol. The number of hydrogen-bond acceptors (Lipinski definition) is 6. The molecule has 1 fully saturated rings. The average molecular weight is 549 g/mol. The standard InChI is InChI=1S/C30H30F2N4O2S/c1-38-28-5-3-2-4-27(28)35-14-16-36(17-15-35)30(37)26-21-39-29(33-26)20-34(18-22-6-10-24(31)11-7-22)19-23-8-12-25(32)13-9-23/h2-13,21H,14-20H2,1H3. The van der Waals surface area contributed by atoms with E-state index >= 15 is 0 Å². The molecule has 5 rings (SSSR count). The first kappa shape index (κ1) is 26.8. The fraction of sp³-hybridized carbons (Fsp3) is 0.267. The summed E-state index contributed by atoms with van der Waals surface area (Å²) in [5, 5.41) is 2.63. The number of piperazine rings is 1. The van der Waals surface area contributed by atoms with Crippen LogP contribution in [-0.2, 0) is 19.6 Å². The van der Waals surface area contributed by atoms with Gasteiger partial charge in [-0.1, -0.05) is 36.4 Å². The van der Waals surface area contributed by atoms with Crippen LogP contribution in [0.2, 0.25) is 0 Å². The zero-order valence-corrected chi connectivity index (χ0v) is 22.5. The molecule has 9 heteroatoms. The van der Waals surface area contributed by atoms with Crippen LogP contribution in [0.3, 0.4) is 0 Å². The molecule has 6 nitrogen and oxygen atoms in total. The van der Waals surface area contributed by atoms with Crippen molar-refractivity contribution >= 4 is 22.9 Å². The van der Waals surface area contributed by atoms with Crippen LogP contribution in [0.25, 0.3) is 0 Å². The minimum Gasteiger partial charge on any atom is -0.495 e. The monoisotopic (exact) mass is 548 g/mol. The Morgan fingerprint density at radius 1 is 0.872 bits per heavy atom. The molecule has 1 aromatic heterocycles. The number of ether oxygens (including phenoxy) is 1. The summed E-state index contributed by atoms with van der Waals surface area (Å²) in [5.41, 5.74) is 3.40. The highest BCUT2D eigenvalue weighted by molar-refractivity contribution is 7.09. The Morgan fingerprint density at radius 3 is 2.05 bits per heavy atom.